The zero-order valence-electron chi connectivity index (χ0n) is 8.85. The third-order valence-corrected chi connectivity index (χ3v) is 1.88. The van der Waals surface area contributed by atoms with Crippen LogP contribution in [0.15, 0.2) is 36.9 Å². The van der Waals surface area contributed by atoms with E-state index in [1.54, 1.807) is 24.5 Å². The summed E-state index contributed by atoms with van der Waals surface area (Å²) in [7, 11) is 0. The Morgan fingerprint density at radius 3 is 3.13 bits per heavy atom. The highest BCUT2D eigenvalue weighted by Crippen LogP contribution is 1.98. The minimum absolute atomic E-state index is 0.0837. The monoisotopic (exact) mass is 205 g/mol. The lowest BCUT2D eigenvalue weighted by Gasteiger charge is -1.97. The van der Waals surface area contributed by atoms with Gasteiger partial charge in [-0.1, -0.05) is 13.3 Å². The van der Waals surface area contributed by atoms with Crippen molar-refractivity contribution in [3.8, 4) is 0 Å². The molecule has 0 bridgehead atoms. The molecule has 0 fully saturated rings. The van der Waals surface area contributed by atoms with Crippen LogP contribution < -0.4 is 0 Å². The maximum Gasteiger partial charge on any atom is 0.190 e. The molecular weight excluding hydrogens is 190 g/mol. The molecule has 0 aliphatic heterocycles. The van der Waals surface area contributed by atoms with E-state index in [0.717, 1.165) is 12.8 Å². The molecule has 3 nitrogen and oxygen atoms in total. The molecule has 1 aromatic heterocycles. The van der Waals surface area contributed by atoms with E-state index in [-0.39, 0.29) is 5.78 Å². The molecule has 0 atom stereocenters. The van der Waals surface area contributed by atoms with Gasteiger partial charge in [0.05, 0.1) is 12.9 Å². The van der Waals surface area contributed by atoms with Crippen LogP contribution in [0.4, 0.5) is 0 Å². The Bertz CT molecular complexity index is 320. The van der Waals surface area contributed by atoms with Crippen LogP contribution in [0, 0.1) is 0 Å². The van der Waals surface area contributed by atoms with Crippen LogP contribution in [-0.2, 0) is 4.74 Å². The SMILES string of the molecule is CCCCO/C=C/C(=O)c1cccnc1. The molecule has 1 rings (SSSR count). The molecule has 0 unspecified atom stereocenters. The number of pyridine rings is 1. The van der Waals surface area contributed by atoms with Crippen molar-refractivity contribution < 1.29 is 9.53 Å². The Morgan fingerprint density at radius 2 is 2.47 bits per heavy atom. The molecular formula is C12H15NO2. The zero-order chi connectivity index (χ0) is 10.9. The van der Waals surface area contributed by atoms with E-state index >= 15 is 0 Å². The van der Waals surface area contributed by atoms with Crippen molar-refractivity contribution in [1.82, 2.24) is 4.98 Å². The molecule has 0 saturated heterocycles. The van der Waals surface area contributed by atoms with E-state index in [0.29, 0.717) is 12.2 Å². The summed E-state index contributed by atoms with van der Waals surface area (Å²) in [6, 6.07) is 3.46. The zero-order valence-corrected chi connectivity index (χ0v) is 8.85. The standard InChI is InChI=1S/C12H15NO2/c1-2-3-8-15-9-6-12(14)11-5-4-7-13-10-11/h4-7,9-10H,2-3,8H2,1H3/b9-6+. The summed E-state index contributed by atoms with van der Waals surface area (Å²) in [5.41, 5.74) is 0.577. The summed E-state index contributed by atoms with van der Waals surface area (Å²) in [6.45, 7) is 2.75. The number of allylic oxidation sites excluding steroid dienone is 1. The second-order valence-electron chi connectivity index (χ2n) is 3.13. The predicted octanol–water partition coefficient (Wildman–Crippen LogP) is 2.59. The fraction of sp³-hybridized carbons (Fsp3) is 0.333. The number of aromatic nitrogens is 1. The lowest BCUT2D eigenvalue weighted by Crippen LogP contribution is -1.95. The molecule has 0 aliphatic carbocycles. The Hall–Kier alpha value is -1.64. The van der Waals surface area contributed by atoms with Gasteiger partial charge in [-0.25, -0.2) is 0 Å². The Kier molecular flexibility index (Phi) is 5.15. The molecule has 3 heteroatoms. The third-order valence-electron chi connectivity index (χ3n) is 1.88. The summed E-state index contributed by atoms with van der Waals surface area (Å²) >= 11 is 0. The van der Waals surface area contributed by atoms with Gasteiger partial charge in [-0.15, -0.1) is 0 Å². The highest BCUT2D eigenvalue weighted by atomic mass is 16.5. The van der Waals surface area contributed by atoms with E-state index < -0.39 is 0 Å². The summed E-state index contributed by atoms with van der Waals surface area (Å²) < 4.78 is 5.14. The highest BCUT2D eigenvalue weighted by molar-refractivity contribution is 6.04. The number of unbranched alkanes of at least 4 members (excludes halogenated alkanes) is 1. The largest absolute Gasteiger partial charge is 0.501 e. The number of ether oxygens (including phenoxy) is 1. The Morgan fingerprint density at radius 1 is 1.60 bits per heavy atom. The number of nitrogens with zero attached hydrogens (tertiary/aromatic N) is 1. The van der Waals surface area contributed by atoms with Gasteiger partial charge in [0, 0.05) is 24.0 Å². The van der Waals surface area contributed by atoms with Crippen molar-refractivity contribution in [2.75, 3.05) is 6.61 Å². The predicted molar refractivity (Wildman–Crippen MR) is 58.6 cm³/mol. The smallest absolute Gasteiger partial charge is 0.190 e. The Balaban J connectivity index is 2.36. The van der Waals surface area contributed by atoms with Crippen molar-refractivity contribution in [3.63, 3.8) is 0 Å². The van der Waals surface area contributed by atoms with Gasteiger partial charge in [0.15, 0.2) is 5.78 Å². The number of hydrogen-bond donors (Lipinski definition) is 0. The average Bonchev–Trinajstić information content (AvgIpc) is 2.30. The van der Waals surface area contributed by atoms with Gasteiger partial charge in [-0.05, 0) is 18.6 Å². The molecule has 0 N–H and O–H groups in total. The molecule has 1 aromatic rings. The molecule has 0 radical (unpaired) electrons. The van der Waals surface area contributed by atoms with E-state index in [2.05, 4.69) is 11.9 Å². The molecule has 1 heterocycles. The van der Waals surface area contributed by atoms with E-state index in [1.165, 1.54) is 12.3 Å². The van der Waals surface area contributed by atoms with Gasteiger partial charge < -0.3 is 4.74 Å². The summed E-state index contributed by atoms with van der Waals surface area (Å²) in [5.74, 6) is -0.0837. The maximum atomic E-state index is 11.5. The van der Waals surface area contributed by atoms with Crippen molar-refractivity contribution in [2.45, 2.75) is 19.8 Å². The van der Waals surface area contributed by atoms with Crippen molar-refractivity contribution in [1.29, 1.82) is 0 Å². The fourth-order valence-electron chi connectivity index (χ4n) is 1.01. The molecule has 0 saturated carbocycles. The maximum absolute atomic E-state index is 11.5. The fourth-order valence-corrected chi connectivity index (χ4v) is 1.01. The minimum atomic E-state index is -0.0837. The van der Waals surface area contributed by atoms with Gasteiger partial charge in [0.25, 0.3) is 0 Å². The highest BCUT2D eigenvalue weighted by Gasteiger charge is 1.99. The van der Waals surface area contributed by atoms with Crippen molar-refractivity contribution in [2.24, 2.45) is 0 Å². The number of hydrogen-bond acceptors (Lipinski definition) is 3. The first-order chi connectivity index (χ1) is 7.34. The van der Waals surface area contributed by atoms with Crippen LogP contribution >= 0.6 is 0 Å². The Labute approximate surface area is 89.8 Å². The first-order valence-electron chi connectivity index (χ1n) is 5.07. The summed E-state index contributed by atoms with van der Waals surface area (Å²) in [6.07, 6.45) is 8.14. The van der Waals surface area contributed by atoms with E-state index in [9.17, 15) is 4.79 Å². The quantitative estimate of drug-likeness (QED) is 0.310. The number of rotatable bonds is 6. The van der Waals surface area contributed by atoms with E-state index in [1.807, 2.05) is 0 Å². The van der Waals surface area contributed by atoms with Crippen LogP contribution in [0.25, 0.3) is 0 Å². The van der Waals surface area contributed by atoms with Gasteiger partial charge >= 0.3 is 0 Å². The first kappa shape index (κ1) is 11.4. The molecule has 0 aromatic carbocycles. The minimum Gasteiger partial charge on any atom is -0.501 e. The van der Waals surface area contributed by atoms with Crippen LogP contribution in [-0.4, -0.2) is 17.4 Å². The lowest BCUT2D eigenvalue weighted by atomic mass is 10.2. The molecule has 15 heavy (non-hydrogen) atoms. The summed E-state index contributed by atoms with van der Waals surface area (Å²) in [5, 5.41) is 0. The first-order valence-corrected chi connectivity index (χ1v) is 5.07. The third kappa shape index (κ3) is 4.40. The van der Waals surface area contributed by atoms with E-state index in [4.69, 9.17) is 4.74 Å². The van der Waals surface area contributed by atoms with Crippen LogP contribution in [0.3, 0.4) is 0 Å². The van der Waals surface area contributed by atoms with Crippen molar-refractivity contribution >= 4 is 5.78 Å². The average molecular weight is 205 g/mol. The molecule has 0 aliphatic rings. The molecule has 80 valence electrons. The normalized spacial score (nSPS) is 10.5. The lowest BCUT2D eigenvalue weighted by molar-refractivity contribution is 0.104. The second-order valence-corrected chi connectivity index (χ2v) is 3.13. The number of carbonyl (C=O) groups is 1. The van der Waals surface area contributed by atoms with Crippen molar-refractivity contribution in [3.05, 3.63) is 42.4 Å². The van der Waals surface area contributed by atoms with Gasteiger partial charge in [0.2, 0.25) is 0 Å². The van der Waals surface area contributed by atoms with Crippen LogP contribution in [0.5, 0.6) is 0 Å². The molecule has 0 amide bonds. The topological polar surface area (TPSA) is 39.2 Å². The number of carbonyl (C=O) groups excluding carboxylic acids is 1. The van der Waals surface area contributed by atoms with Gasteiger partial charge in [-0.3, -0.25) is 9.78 Å². The number of ketones is 1. The van der Waals surface area contributed by atoms with Gasteiger partial charge in [-0.2, -0.15) is 0 Å². The summed E-state index contributed by atoms with van der Waals surface area (Å²) in [4.78, 5) is 15.3. The second kappa shape index (κ2) is 6.76. The van der Waals surface area contributed by atoms with Gasteiger partial charge in [0.1, 0.15) is 0 Å². The van der Waals surface area contributed by atoms with Crippen LogP contribution in [0.2, 0.25) is 0 Å². The molecule has 0 spiro atoms. The van der Waals surface area contributed by atoms with Crippen LogP contribution in [0.1, 0.15) is 30.1 Å².